The minimum Gasteiger partial charge on any atom is -0.436 e. The van der Waals surface area contributed by atoms with Crippen LogP contribution in [0.2, 0.25) is 0 Å². The lowest BCUT2D eigenvalue weighted by Gasteiger charge is -2.26. The van der Waals surface area contributed by atoms with Crippen LogP contribution in [0.3, 0.4) is 0 Å². The van der Waals surface area contributed by atoms with Gasteiger partial charge in [0, 0.05) is 50.7 Å². The number of para-hydroxylation sites is 2. The minimum atomic E-state index is -0.0166. The molecule has 0 radical (unpaired) electrons. The van der Waals surface area contributed by atoms with Crippen molar-refractivity contribution in [3.05, 3.63) is 205 Å². The van der Waals surface area contributed by atoms with Crippen LogP contribution in [0.25, 0.3) is 83.2 Å². The lowest BCUT2D eigenvalue weighted by Crippen LogP contribution is -2.10. The molecule has 316 valence electrons. The monoisotopic (exact) mass is 842 g/mol. The van der Waals surface area contributed by atoms with Crippen molar-refractivity contribution in [1.29, 1.82) is 0 Å². The van der Waals surface area contributed by atoms with E-state index in [0.717, 1.165) is 67.0 Å². The lowest BCUT2D eigenvalue weighted by atomic mass is 9.85. The largest absolute Gasteiger partial charge is 0.436 e. The molecule has 0 N–H and O–H groups in total. The first-order chi connectivity index (χ1) is 31.5. The number of rotatable bonds is 7. The van der Waals surface area contributed by atoms with Crippen molar-refractivity contribution in [2.75, 3.05) is 4.90 Å². The first-order valence-electron chi connectivity index (χ1n) is 22.5. The second kappa shape index (κ2) is 15.5. The van der Waals surface area contributed by atoms with Crippen molar-refractivity contribution in [2.24, 2.45) is 0 Å². The number of hydrogen-bond donors (Lipinski definition) is 0. The van der Waals surface area contributed by atoms with Gasteiger partial charge in [-0.05, 0) is 129 Å². The molecular weight excluding hydrogens is 793 g/mol. The molecule has 0 fully saturated rings. The predicted octanol–water partition coefficient (Wildman–Crippen LogP) is 16.5. The second-order valence-corrected chi connectivity index (χ2v) is 19.1. The topological polar surface area (TPSA) is 47.1 Å². The molecule has 5 nitrogen and oxygen atoms in total. The molecule has 11 rings (SSSR count). The summed E-state index contributed by atoms with van der Waals surface area (Å²) in [6.07, 6.45) is 1.82. The van der Waals surface area contributed by atoms with Gasteiger partial charge in [0.25, 0.3) is 0 Å². The Labute approximate surface area is 380 Å². The first-order valence-corrected chi connectivity index (χ1v) is 22.5. The molecule has 0 amide bonds. The quantitative estimate of drug-likeness (QED) is 0.160. The highest BCUT2D eigenvalue weighted by molar-refractivity contribution is 6.10. The maximum Gasteiger partial charge on any atom is 0.228 e. The smallest absolute Gasteiger partial charge is 0.228 e. The molecule has 0 saturated heterocycles. The van der Waals surface area contributed by atoms with Crippen molar-refractivity contribution < 1.29 is 4.42 Å². The van der Waals surface area contributed by atoms with Crippen LogP contribution in [0, 0.1) is 0 Å². The molecule has 0 saturated carbocycles. The van der Waals surface area contributed by atoms with Gasteiger partial charge in [0.1, 0.15) is 5.52 Å². The Balaban J connectivity index is 1.18. The number of aromatic nitrogens is 3. The van der Waals surface area contributed by atoms with Gasteiger partial charge in [0.15, 0.2) is 5.58 Å². The summed E-state index contributed by atoms with van der Waals surface area (Å²) in [4.78, 5) is 12.3. The van der Waals surface area contributed by atoms with Crippen molar-refractivity contribution in [3.63, 3.8) is 0 Å². The van der Waals surface area contributed by atoms with Gasteiger partial charge in [-0.1, -0.05) is 145 Å². The van der Waals surface area contributed by atoms with E-state index < -0.39 is 0 Å². The average Bonchev–Trinajstić information content (AvgIpc) is 3.91. The zero-order chi connectivity index (χ0) is 44.5. The number of benzene rings is 8. The zero-order valence-corrected chi connectivity index (χ0v) is 37.7. The summed E-state index contributed by atoms with van der Waals surface area (Å²) in [7, 11) is 0. The van der Waals surface area contributed by atoms with Crippen molar-refractivity contribution in [1.82, 2.24) is 14.5 Å². The van der Waals surface area contributed by atoms with Crippen molar-refractivity contribution >= 4 is 60.9 Å². The Hall–Kier alpha value is -7.76. The molecule has 0 aliphatic carbocycles. The fourth-order valence-corrected chi connectivity index (χ4v) is 9.32. The Kier molecular flexibility index (Phi) is 9.55. The van der Waals surface area contributed by atoms with E-state index in [0.29, 0.717) is 11.5 Å². The SMILES string of the molecule is CC(C)(C)c1ccc2c(c1)c1ccc(C(C)(C)C)cc1n2-c1ccc(-c2ccc(N(c3ccccc3)c3ccccc3)cc2-c2nc3c(ccc4cccnc43)o2)c(-c2ccccc2)c1. The van der Waals surface area contributed by atoms with Crippen LogP contribution in [0.15, 0.2) is 199 Å². The molecule has 0 unspecified atom stereocenters. The molecule has 0 aliphatic rings. The molecule has 0 bridgehead atoms. The van der Waals surface area contributed by atoms with E-state index in [2.05, 4.69) is 227 Å². The maximum absolute atomic E-state index is 6.79. The predicted molar refractivity (Wildman–Crippen MR) is 272 cm³/mol. The fraction of sp³-hybridized carbons (Fsp3) is 0.133. The second-order valence-electron chi connectivity index (χ2n) is 19.1. The fourth-order valence-electron chi connectivity index (χ4n) is 9.32. The maximum atomic E-state index is 6.79. The van der Waals surface area contributed by atoms with Crippen LogP contribution < -0.4 is 4.90 Å². The molecule has 8 aromatic carbocycles. The highest BCUT2D eigenvalue weighted by Gasteiger charge is 2.25. The van der Waals surface area contributed by atoms with Gasteiger partial charge >= 0.3 is 0 Å². The Morgan fingerprint density at radius 3 is 1.82 bits per heavy atom. The van der Waals surface area contributed by atoms with E-state index >= 15 is 0 Å². The van der Waals surface area contributed by atoms with Gasteiger partial charge in [-0.25, -0.2) is 4.98 Å². The summed E-state index contributed by atoms with van der Waals surface area (Å²) < 4.78 is 9.25. The third kappa shape index (κ3) is 7.14. The number of oxazole rings is 1. The number of anilines is 3. The van der Waals surface area contributed by atoms with Gasteiger partial charge in [-0.3, -0.25) is 4.98 Å². The zero-order valence-electron chi connectivity index (χ0n) is 37.7. The Bertz CT molecular complexity index is 3510. The van der Waals surface area contributed by atoms with E-state index in [9.17, 15) is 0 Å². The summed E-state index contributed by atoms with van der Waals surface area (Å²) in [5.41, 5.74) is 16.6. The van der Waals surface area contributed by atoms with Crippen LogP contribution in [-0.2, 0) is 10.8 Å². The number of pyridine rings is 1. The number of hydrogen-bond acceptors (Lipinski definition) is 4. The van der Waals surface area contributed by atoms with Crippen molar-refractivity contribution in [2.45, 2.75) is 52.4 Å². The summed E-state index contributed by atoms with van der Waals surface area (Å²) in [6, 6.07) is 67.5. The summed E-state index contributed by atoms with van der Waals surface area (Å²) in [5.74, 6) is 0.533. The lowest BCUT2D eigenvalue weighted by molar-refractivity contribution is 0.591. The highest BCUT2D eigenvalue weighted by atomic mass is 16.3. The summed E-state index contributed by atoms with van der Waals surface area (Å²) >= 11 is 0. The van der Waals surface area contributed by atoms with E-state index in [1.165, 1.54) is 32.9 Å². The van der Waals surface area contributed by atoms with Crippen LogP contribution in [-0.4, -0.2) is 14.5 Å². The Morgan fingerprint density at radius 2 is 1.11 bits per heavy atom. The van der Waals surface area contributed by atoms with Crippen LogP contribution >= 0.6 is 0 Å². The van der Waals surface area contributed by atoms with Gasteiger partial charge in [0.2, 0.25) is 5.89 Å². The third-order valence-corrected chi connectivity index (χ3v) is 12.8. The Morgan fingerprint density at radius 1 is 0.462 bits per heavy atom. The minimum absolute atomic E-state index is 0.0148. The van der Waals surface area contributed by atoms with Crippen LogP contribution in [0.4, 0.5) is 17.1 Å². The van der Waals surface area contributed by atoms with Crippen LogP contribution in [0.5, 0.6) is 0 Å². The van der Waals surface area contributed by atoms with Gasteiger partial charge in [0.05, 0.1) is 16.6 Å². The molecule has 3 aromatic heterocycles. The average molecular weight is 843 g/mol. The van der Waals surface area contributed by atoms with Gasteiger partial charge in [-0.15, -0.1) is 0 Å². The third-order valence-electron chi connectivity index (χ3n) is 12.8. The first kappa shape index (κ1) is 40.0. The van der Waals surface area contributed by atoms with E-state index in [1.807, 2.05) is 18.3 Å². The summed E-state index contributed by atoms with van der Waals surface area (Å²) in [5, 5.41) is 3.53. The molecule has 0 aliphatic heterocycles. The standard InChI is InChI=1S/C60H50N4O/c1-59(2,3)41-26-32-53-51(35-41)49-29-25-42(60(4,5)6)36-54(49)64(53)46-28-30-47(50(37-46)39-17-10-7-11-18-39)48-31-27-45(63(43-20-12-8-13-21-43)44-22-14-9-15-23-44)38-52(48)58-62-57-55(65-58)33-24-40-19-16-34-61-56(40)57/h7-38H,1-6H3. The van der Waals surface area contributed by atoms with E-state index in [4.69, 9.17) is 14.4 Å². The van der Waals surface area contributed by atoms with E-state index in [1.54, 1.807) is 0 Å². The molecule has 65 heavy (non-hydrogen) atoms. The molecule has 5 heteroatoms. The van der Waals surface area contributed by atoms with Gasteiger partial charge in [-0.2, -0.15) is 0 Å². The normalized spacial score (nSPS) is 12.2. The van der Waals surface area contributed by atoms with Gasteiger partial charge < -0.3 is 13.9 Å². The van der Waals surface area contributed by atoms with Crippen molar-refractivity contribution in [3.8, 4) is 39.4 Å². The van der Waals surface area contributed by atoms with E-state index in [-0.39, 0.29) is 10.8 Å². The molecule has 11 aromatic rings. The van der Waals surface area contributed by atoms with Crippen LogP contribution in [0.1, 0.15) is 52.7 Å². The molecular formula is C60H50N4O. The molecule has 0 spiro atoms. The number of nitrogens with zero attached hydrogens (tertiary/aromatic N) is 4. The molecule has 0 atom stereocenters. The summed E-state index contributed by atoms with van der Waals surface area (Å²) in [6.45, 7) is 13.7. The number of fused-ring (bicyclic) bond motifs is 6. The highest BCUT2D eigenvalue weighted by Crippen LogP contribution is 2.45. The molecule has 3 heterocycles.